The van der Waals surface area contributed by atoms with Crippen molar-refractivity contribution in [1.29, 1.82) is 0 Å². The molecule has 1 saturated carbocycles. The van der Waals surface area contributed by atoms with E-state index in [-0.39, 0.29) is 10.9 Å². The van der Waals surface area contributed by atoms with E-state index in [2.05, 4.69) is 20.6 Å². The smallest absolute Gasteiger partial charge is 0.369 e. The highest BCUT2D eigenvalue weighted by atomic mass is 32.2. The van der Waals surface area contributed by atoms with E-state index in [1.807, 2.05) is 24.3 Å². The number of hydrogen-bond acceptors (Lipinski definition) is 7. The van der Waals surface area contributed by atoms with Crippen molar-refractivity contribution in [2.24, 2.45) is 0 Å². The quantitative estimate of drug-likeness (QED) is 0.440. The Bertz CT molecular complexity index is 1360. The summed E-state index contributed by atoms with van der Waals surface area (Å²) in [5.41, 5.74) is 1.43. The van der Waals surface area contributed by atoms with Crippen molar-refractivity contribution >= 4 is 15.7 Å². The van der Waals surface area contributed by atoms with Crippen molar-refractivity contribution in [1.82, 2.24) is 15.3 Å². The van der Waals surface area contributed by atoms with E-state index in [1.54, 1.807) is 25.4 Å². The average molecular weight is 547 g/mol. The van der Waals surface area contributed by atoms with Gasteiger partial charge in [0, 0.05) is 38.6 Å². The Morgan fingerprint density at radius 1 is 0.974 bits per heavy atom. The van der Waals surface area contributed by atoms with E-state index in [4.69, 9.17) is 4.74 Å². The third-order valence-corrected chi connectivity index (χ3v) is 9.79. The van der Waals surface area contributed by atoms with Crippen molar-refractivity contribution < 1.29 is 26.3 Å². The van der Waals surface area contributed by atoms with Crippen LogP contribution in [0.2, 0.25) is 0 Å². The summed E-state index contributed by atoms with van der Waals surface area (Å²) in [6.45, 7) is 1.38. The molecule has 0 radical (unpaired) electrons. The largest absolute Gasteiger partial charge is 0.417 e. The van der Waals surface area contributed by atoms with Crippen molar-refractivity contribution in [2.75, 3.05) is 25.5 Å². The maximum atomic E-state index is 13.3. The minimum Gasteiger partial charge on any atom is -0.369 e. The van der Waals surface area contributed by atoms with E-state index in [9.17, 15) is 21.6 Å². The first-order valence-electron chi connectivity index (χ1n) is 12.5. The number of benzene rings is 1. The summed E-state index contributed by atoms with van der Waals surface area (Å²) in [6, 6.07) is 13.0. The lowest BCUT2D eigenvalue weighted by Crippen LogP contribution is -2.58. The fourth-order valence-corrected chi connectivity index (χ4v) is 6.84. The van der Waals surface area contributed by atoms with Gasteiger partial charge in [0.1, 0.15) is 11.4 Å². The highest BCUT2D eigenvalue weighted by Gasteiger charge is 2.40. The van der Waals surface area contributed by atoms with Gasteiger partial charge in [0.05, 0.1) is 21.4 Å². The van der Waals surface area contributed by atoms with Crippen LogP contribution < -0.4 is 10.6 Å². The lowest BCUT2D eigenvalue weighted by Gasteiger charge is -2.40. The van der Waals surface area contributed by atoms with Gasteiger partial charge in [0.25, 0.3) is 0 Å². The van der Waals surface area contributed by atoms with Crippen molar-refractivity contribution in [3.63, 3.8) is 0 Å². The van der Waals surface area contributed by atoms with Gasteiger partial charge in [0.15, 0.2) is 9.84 Å². The van der Waals surface area contributed by atoms with E-state index in [0.717, 1.165) is 29.1 Å². The predicted molar refractivity (Wildman–Crippen MR) is 137 cm³/mol. The number of sulfone groups is 1. The van der Waals surface area contributed by atoms with Gasteiger partial charge in [-0.25, -0.2) is 13.4 Å². The molecule has 2 fully saturated rings. The number of nitrogens with one attached hydrogen (secondary N) is 2. The molecular formula is C27H29F3N4O3S. The highest BCUT2D eigenvalue weighted by Crippen LogP contribution is 2.34. The van der Waals surface area contributed by atoms with Crippen LogP contribution in [0.4, 0.5) is 19.0 Å². The number of rotatable bonds is 7. The minimum absolute atomic E-state index is 0.0461. The topological polar surface area (TPSA) is 93.2 Å². The van der Waals surface area contributed by atoms with Gasteiger partial charge in [-0.3, -0.25) is 4.98 Å². The van der Waals surface area contributed by atoms with Gasteiger partial charge in [-0.15, -0.1) is 0 Å². The number of aromatic nitrogens is 2. The summed E-state index contributed by atoms with van der Waals surface area (Å²) in [4.78, 5) is 8.62. The summed E-state index contributed by atoms with van der Waals surface area (Å²) in [6.07, 6.45) is 0.196. The molecule has 202 valence electrons. The van der Waals surface area contributed by atoms with Crippen LogP contribution in [0.1, 0.15) is 36.9 Å². The van der Waals surface area contributed by atoms with Crippen LogP contribution in [0.25, 0.3) is 11.1 Å². The Balaban J connectivity index is 1.22. The van der Waals surface area contributed by atoms with Gasteiger partial charge in [0.2, 0.25) is 0 Å². The predicted octanol–water partition coefficient (Wildman–Crippen LogP) is 4.80. The lowest BCUT2D eigenvalue weighted by molar-refractivity contribution is -0.137. The first-order valence-corrected chi connectivity index (χ1v) is 14.0. The van der Waals surface area contributed by atoms with Crippen LogP contribution >= 0.6 is 0 Å². The maximum absolute atomic E-state index is 13.3. The molecule has 0 spiro atoms. The van der Waals surface area contributed by atoms with Gasteiger partial charge in [-0.2, -0.15) is 13.2 Å². The van der Waals surface area contributed by atoms with Crippen LogP contribution in [0, 0.1) is 0 Å². The minimum atomic E-state index is -4.43. The molecule has 2 aliphatic rings. The lowest BCUT2D eigenvalue weighted by atomic mass is 9.90. The Labute approximate surface area is 219 Å². The number of anilines is 1. The van der Waals surface area contributed by atoms with E-state index < -0.39 is 32.4 Å². The molecule has 1 aliphatic heterocycles. The normalized spacial score (nSPS) is 21.5. The van der Waals surface area contributed by atoms with Crippen LogP contribution in [0.15, 0.2) is 65.8 Å². The highest BCUT2D eigenvalue weighted by molar-refractivity contribution is 7.92. The molecule has 0 unspecified atom stereocenters. The Kier molecular flexibility index (Phi) is 7.19. The summed E-state index contributed by atoms with van der Waals surface area (Å²) < 4.78 is 70.6. The molecule has 1 saturated heterocycles. The summed E-state index contributed by atoms with van der Waals surface area (Å²) in [5, 5.41) is 5.84. The molecule has 0 amide bonds. The zero-order chi connectivity index (χ0) is 27.0. The number of ether oxygens (including phenoxy) is 1. The first kappa shape index (κ1) is 26.6. The molecule has 7 nitrogen and oxygen atoms in total. The molecule has 3 aromatic rings. The van der Waals surface area contributed by atoms with Gasteiger partial charge >= 0.3 is 6.18 Å². The molecule has 38 heavy (non-hydrogen) atoms. The SMILES string of the molecule is COC1(c2cc(-c3ccc(S(=O)(=O)C4CCC(Nc5ccc(C(F)(F)F)cn5)CC4)cc3)ccn2)CNC1. The number of halogens is 3. The molecule has 3 heterocycles. The number of hydrogen-bond donors (Lipinski definition) is 2. The zero-order valence-corrected chi connectivity index (χ0v) is 21.6. The average Bonchev–Trinajstić information content (AvgIpc) is 2.89. The second-order valence-corrected chi connectivity index (χ2v) is 12.1. The second-order valence-electron chi connectivity index (χ2n) is 9.85. The number of alkyl halides is 3. The van der Waals surface area contributed by atoms with Gasteiger partial charge in [-0.05, 0) is 73.2 Å². The third kappa shape index (κ3) is 5.27. The van der Waals surface area contributed by atoms with Crippen LogP contribution in [-0.4, -0.2) is 49.9 Å². The van der Waals surface area contributed by atoms with E-state index >= 15 is 0 Å². The molecule has 5 rings (SSSR count). The molecule has 0 bridgehead atoms. The molecule has 1 aliphatic carbocycles. The third-order valence-electron chi connectivity index (χ3n) is 7.51. The maximum Gasteiger partial charge on any atom is 0.417 e. The molecule has 2 aromatic heterocycles. The fourth-order valence-electron chi connectivity index (χ4n) is 5.04. The number of methoxy groups -OCH3 is 1. The van der Waals surface area contributed by atoms with Crippen LogP contribution in [-0.2, 0) is 26.4 Å². The molecule has 1 aromatic carbocycles. The van der Waals surface area contributed by atoms with Crippen LogP contribution in [0.3, 0.4) is 0 Å². The Hall–Kier alpha value is -3.02. The molecular weight excluding hydrogens is 517 g/mol. The standard InChI is InChI=1S/C27H29F3N4O3S/c1-37-26(16-31-17-26)24-14-19(12-13-32-24)18-2-7-22(8-3-18)38(35,36)23-9-5-21(6-10-23)34-25-11-4-20(15-33-25)27(28,29)30/h2-4,7-8,11-15,21,23,31H,5-6,9-10,16-17H2,1H3,(H,33,34). The zero-order valence-electron chi connectivity index (χ0n) is 20.8. The number of pyridine rings is 2. The molecule has 0 atom stereocenters. The van der Waals surface area contributed by atoms with Crippen LogP contribution in [0.5, 0.6) is 0 Å². The summed E-state index contributed by atoms with van der Waals surface area (Å²) >= 11 is 0. The monoisotopic (exact) mass is 546 g/mol. The van der Waals surface area contributed by atoms with Crippen molar-refractivity contribution in [2.45, 2.75) is 53.6 Å². The summed E-state index contributed by atoms with van der Waals surface area (Å²) in [7, 11) is -1.85. The van der Waals surface area contributed by atoms with Gasteiger partial charge in [-0.1, -0.05) is 12.1 Å². The first-order chi connectivity index (χ1) is 18.1. The van der Waals surface area contributed by atoms with Crippen molar-refractivity contribution in [3.8, 4) is 11.1 Å². The molecule has 11 heteroatoms. The van der Waals surface area contributed by atoms with E-state index in [1.165, 1.54) is 6.07 Å². The van der Waals surface area contributed by atoms with E-state index in [0.29, 0.717) is 44.6 Å². The van der Waals surface area contributed by atoms with Crippen molar-refractivity contribution in [3.05, 3.63) is 72.2 Å². The summed E-state index contributed by atoms with van der Waals surface area (Å²) in [5.74, 6) is 0.351. The molecule has 2 N–H and O–H groups in total. The second kappa shape index (κ2) is 10.3. The Morgan fingerprint density at radius 3 is 2.24 bits per heavy atom. The number of nitrogens with zero attached hydrogens (tertiary/aromatic N) is 2. The Morgan fingerprint density at radius 2 is 1.68 bits per heavy atom. The fraction of sp³-hybridized carbons (Fsp3) is 0.407. The van der Waals surface area contributed by atoms with Gasteiger partial charge < -0.3 is 15.4 Å².